The first kappa shape index (κ1) is 26.5. The van der Waals surface area contributed by atoms with Gasteiger partial charge in [0.05, 0.1) is 30.7 Å². The Hall–Kier alpha value is -4.14. The van der Waals surface area contributed by atoms with E-state index in [1.807, 2.05) is 28.5 Å². The molecule has 1 aliphatic heterocycles. The molecule has 2 fully saturated rings. The van der Waals surface area contributed by atoms with E-state index in [1.54, 1.807) is 36.4 Å². The van der Waals surface area contributed by atoms with Gasteiger partial charge in [-0.2, -0.15) is 0 Å². The molecule has 2 aliphatic rings. The summed E-state index contributed by atoms with van der Waals surface area (Å²) in [6, 6.07) is 8.39. The Kier molecular flexibility index (Phi) is 7.16. The van der Waals surface area contributed by atoms with Crippen LogP contribution in [-0.2, 0) is 4.79 Å². The summed E-state index contributed by atoms with van der Waals surface area (Å²) in [4.78, 5) is 42.3. The highest BCUT2D eigenvalue weighted by Gasteiger charge is 2.33. The van der Waals surface area contributed by atoms with E-state index in [1.165, 1.54) is 26.2 Å². The molecular weight excluding hydrogens is 501 g/mol. The molecule has 0 radical (unpaired) electrons. The highest BCUT2D eigenvalue weighted by molar-refractivity contribution is 6.08. The molecule has 1 amide bonds. The molecule has 39 heavy (non-hydrogen) atoms. The zero-order chi connectivity index (χ0) is 27.8. The van der Waals surface area contributed by atoms with Crippen molar-refractivity contribution in [3.05, 3.63) is 69.8 Å². The second-order valence-electron chi connectivity index (χ2n) is 10.1. The fourth-order valence-corrected chi connectivity index (χ4v) is 5.35. The number of ketones is 1. The Balaban J connectivity index is 1.58. The molecule has 1 unspecified atom stereocenters. The molecule has 0 spiro atoms. The number of carbonyl (C=O) groups is 2. The standard InChI is InChI=1S/C30H32FN3O5/c1-18-16-32(13-14-33(18)19(2)35)28-25(31)15-23-27(30(28)39-4)34(21-8-9-21)17-24(29(23)37)26(36)12-7-20-5-10-22(38-3)11-6-20/h5-7,10-12,15,17-18,21H,8-9,13-14,16H2,1-4H3/b12-7+. The van der Waals surface area contributed by atoms with E-state index in [4.69, 9.17) is 9.47 Å². The van der Waals surface area contributed by atoms with Crippen molar-refractivity contribution in [2.75, 3.05) is 38.8 Å². The number of carbonyl (C=O) groups excluding carboxylic acids is 2. The average Bonchev–Trinajstić information content (AvgIpc) is 3.77. The lowest BCUT2D eigenvalue weighted by atomic mass is 10.0. The summed E-state index contributed by atoms with van der Waals surface area (Å²) >= 11 is 0. The Morgan fingerprint density at radius 2 is 1.79 bits per heavy atom. The van der Waals surface area contributed by atoms with Crippen LogP contribution in [0, 0.1) is 5.82 Å². The van der Waals surface area contributed by atoms with Crippen molar-refractivity contribution in [1.29, 1.82) is 0 Å². The SMILES string of the molecule is COc1ccc(/C=C/C(=O)c2cn(C3CC3)c3c(OC)c(N4CCN(C(C)=O)C(C)C4)c(F)cc3c2=O)cc1. The van der Waals surface area contributed by atoms with Gasteiger partial charge in [0.25, 0.3) is 0 Å². The number of aromatic nitrogens is 1. The zero-order valence-corrected chi connectivity index (χ0v) is 22.6. The number of allylic oxidation sites excluding steroid dienone is 1. The molecule has 1 saturated heterocycles. The monoisotopic (exact) mass is 533 g/mol. The van der Waals surface area contributed by atoms with Crippen LogP contribution >= 0.6 is 0 Å². The summed E-state index contributed by atoms with van der Waals surface area (Å²) in [7, 11) is 3.04. The summed E-state index contributed by atoms with van der Waals surface area (Å²) in [6.07, 6.45) is 6.36. The van der Waals surface area contributed by atoms with Crippen LogP contribution < -0.4 is 19.8 Å². The minimum atomic E-state index is -0.597. The first-order chi connectivity index (χ1) is 18.7. The number of halogens is 1. The van der Waals surface area contributed by atoms with Crippen molar-refractivity contribution in [2.24, 2.45) is 0 Å². The van der Waals surface area contributed by atoms with Crippen LogP contribution in [0.25, 0.3) is 17.0 Å². The molecule has 1 aliphatic carbocycles. The number of piperazine rings is 1. The fraction of sp³-hybridized carbons (Fsp3) is 0.367. The fourth-order valence-electron chi connectivity index (χ4n) is 5.35. The maximum Gasteiger partial charge on any atom is 0.219 e. The number of methoxy groups -OCH3 is 2. The lowest BCUT2D eigenvalue weighted by Crippen LogP contribution is -2.53. The zero-order valence-electron chi connectivity index (χ0n) is 22.6. The first-order valence-corrected chi connectivity index (χ1v) is 13.1. The van der Waals surface area contributed by atoms with Crippen LogP contribution in [0.15, 0.2) is 47.4 Å². The number of benzene rings is 2. The number of anilines is 1. The molecule has 8 nitrogen and oxygen atoms in total. The van der Waals surface area contributed by atoms with Crippen molar-refractivity contribution in [3.8, 4) is 11.5 Å². The van der Waals surface area contributed by atoms with Crippen LogP contribution in [-0.4, -0.2) is 61.1 Å². The van der Waals surface area contributed by atoms with Crippen molar-refractivity contribution >= 4 is 34.4 Å². The smallest absolute Gasteiger partial charge is 0.219 e. The van der Waals surface area contributed by atoms with Crippen molar-refractivity contribution < 1.29 is 23.5 Å². The number of hydrogen-bond donors (Lipinski definition) is 0. The maximum atomic E-state index is 15.8. The van der Waals surface area contributed by atoms with Crippen molar-refractivity contribution in [1.82, 2.24) is 9.47 Å². The summed E-state index contributed by atoms with van der Waals surface area (Å²) in [5, 5.41) is 0.110. The van der Waals surface area contributed by atoms with E-state index in [2.05, 4.69) is 0 Å². The average molecular weight is 534 g/mol. The largest absolute Gasteiger partial charge is 0.497 e. The number of amides is 1. The lowest BCUT2D eigenvalue weighted by molar-refractivity contribution is -0.131. The molecule has 0 N–H and O–H groups in total. The summed E-state index contributed by atoms with van der Waals surface area (Å²) in [5.41, 5.74) is 0.983. The number of pyridine rings is 1. The maximum absolute atomic E-state index is 15.8. The van der Waals surface area contributed by atoms with E-state index in [0.717, 1.165) is 18.4 Å². The summed E-state index contributed by atoms with van der Waals surface area (Å²) < 4.78 is 28.6. The number of nitrogens with zero attached hydrogens (tertiary/aromatic N) is 3. The van der Waals surface area contributed by atoms with E-state index in [9.17, 15) is 14.4 Å². The first-order valence-electron chi connectivity index (χ1n) is 13.1. The van der Waals surface area contributed by atoms with Gasteiger partial charge in [0.2, 0.25) is 11.3 Å². The lowest BCUT2D eigenvalue weighted by Gasteiger charge is -2.41. The predicted molar refractivity (Wildman–Crippen MR) is 148 cm³/mol. The van der Waals surface area contributed by atoms with Gasteiger partial charge in [-0.3, -0.25) is 14.4 Å². The van der Waals surface area contributed by atoms with Gasteiger partial charge < -0.3 is 23.8 Å². The number of rotatable bonds is 7. The van der Waals surface area contributed by atoms with Crippen LogP contribution in [0.1, 0.15) is 48.7 Å². The molecule has 2 aromatic carbocycles. The van der Waals surface area contributed by atoms with Gasteiger partial charge in [-0.1, -0.05) is 18.2 Å². The Bertz CT molecular complexity index is 1520. The topological polar surface area (TPSA) is 81.1 Å². The molecular formula is C30H32FN3O5. The third kappa shape index (κ3) is 5.01. The van der Waals surface area contributed by atoms with E-state index in [0.29, 0.717) is 30.9 Å². The second-order valence-corrected chi connectivity index (χ2v) is 10.1. The number of ether oxygens (including phenoxy) is 2. The summed E-state index contributed by atoms with van der Waals surface area (Å²) in [5.74, 6) is -0.101. The van der Waals surface area contributed by atoms with Crippen molar-refractivity contribution in [3.63, 3.8) is 0 Å². The van der Waals surface area contributed by atoms with Gasteiger partial charge in [-0.15, -0.1) is 0 Å². The minimum absolute atomic E-state index is 0.0166. The minimum Gasteiger partial charge on any atom is -0.497 e. The van der Waals surface area contributed by atoms with Gasteiger partial charge in [0.1, 0.15) is 11.4 Å². The van der Waals surface area contributed by atoms with E-state index < -0.39 is 17.0 Å². The molecule has 2 heterocycles. The Morgan fingerprint density at radius 3 is 2.38 bits per heavy atom. The third-order valence-electron chi connectivity index (χ3n) is 7.50. The normalized spacial score (nSPS) is 17.6. The highest BCUT2D eigenvalue weighted by Crippen LogP contribution is 2.44. The van der Waals surface area contributed by atoms with Crippen LogP contribution in [0.2, 0.25) is 0 Å². The van der Waals surface area contributed by atoms with Gasteiger partial charge in [-0.25, -0.2) is 4.39 Å². The Labute approximate surface area is 226 Å². The third-order valence-corrected chi connectivity index (χ3v) is 7.50. The molecule has 1 atom stereocenters. The predicted octanol–water partition coefficient (Wildman–Crippen LogP) is 4.45. The Morgan fingerprint density at radius 1 is 1.08 bits per heavy atom. The summed E-state index contributed by atoms with van der Waals surface area (Å²) in [6.45, 7) is 4.78. The number of fused-ring (bicyclic) bond motifs is 1. The van der Waals surface area contributed by atoms with Gasteiger partial charge in [-0.05, 0) is 49.6 Å². The van der Waals surface area contributed by atoms with E-state index >= 15 is 4.39 Å². The number of hydrogen-bond acceptors (Lipinski definition) is 6. The molecule has 0 bridgehead atoms. The molecule has 5 rings (SSSR count). The quantitative estimate of drug-likeness (QED) is 0.330. The molecule has 9 heteroatoms. The molecule has 1 aromatic heterocycles. The van der Waals surface area contributed by atoms with Gasteiger partial charge in [0.15, 0.2) is 17.3 Å². The van der Waals surface area contributed by atoms with Crippen molar-refractivity contribution in [2.45, 2.75) is 38.8 Å². The molecule has 3 aromatic rings. The highest BCUT2D eigenvalue weighted by atomic mass is 19.1. The van der Waals surface area contributed by atoms with Crippen LogP contribution in [0.5, 0.6) is 11.5 Å². The molecule has 1 saturated carbocycles. The molecule has 204 valence electrons. The van der Waals surface area contributed by atoms with Crippen LogP contribution in [0.4, 0.5) is 10.1 Å². The second kappa shape index (κ2) is 10.6. The van der Waals surface area contributed by atoms with Gasteiger partial charge in [0, 0.05) is 44.8 Å². The van der Waals surface area contributed by atoms with Gasteiger partial charge >= 0.3 is 0 Å². The van der Waals surface area contributed by atoms with E-state index in [-0.39, 0.29) is 40.4 Å². The van der Waals surface area contributed by atoms with Crippen LogP contribution in [0.3, 0.4) is 0 Å².